The van der Waals surface area contributed by atoms with E-state index in [1.165, 1.54) is 5.56 Å². The van der Waals surface area contributed by atoms with E-state index >= 15 is 0 Å². The summed E-state index contributed by atoms with van der Waals surface area (Å²) in [7, 11) is 3.57. The number of methoxy groups -OCH3 is 1. The summed E-state index contributed by atoms with van der Waals surface area (Å²) < 4.78 is 5.10. The average Bonchev–Trinajstić information content (AvgIpc) is 2.55. The van der Waals surface area contributed by atoms with Crippen LogP contribution in [0.5, 0.6) is 5.75 Å². The standard InChI is InChI=1S/C18H22N2O2/c1-14(15-7-5-4-6-8-15)20(2)13-18(21)19-16-9-11-17(22-3)12-10-16/h4-12,14H,13H2,1-3H3,(H,19,21)/t14-/m1/s1. The van der Waals surface area contributed by atoms with Crippen molar-refractivity contribution in [2.75, 3.05) is 26.0 Å². The van der Waals surface area contributed by atoms with Gasteiger partial charge in [0, 0.05) is 11.7 Å². The Balaban J connectivity index is 1.90. The Hall–Kier alpha value is -2.33. The van der Waals surface area contributed by atoms with Gasteiger partial charge in [0.2, 0.25) is 5.91 Å². The number of anilines is 1. The van der Waals surface area contributed by atoms with E-state index in [0.29, 0.717) is 6.54 Å². The second kappa shape index (κ2) is 7.61. The van der Waals surface area contributed by atoms with Crippen LogP contribution in [0.25, 0.3) is 0 Å². The normalized spacial score (nSPS) is 12.0. The molecule has 1 atom stereocenters. The zero-order chi connectivity index (χ0) is 15.9. The molecule has 0 spiro atoms. The third-order valence-electron chi connectivity index (χ3n) is 3.71. The monoisotopic (exact) mass is 298 g/mol. The topological polar surface area (TPSA) is 41.6 Å². The van der Waals surface area contributed by atoms with E-state index in [1.54, 1.807) is 7.11 Å². The van der Waals surface area contributed by atoms with Crippen molar-refractivity contribution >= 4 is 11.6 Å². The first-order valence-corrected chi connectivity index (χ1v) is 7.29. The molecule has 0 fully saturated rings. The molecule has 0 aromatic heterocycles. The minimum absolute atomic E-state index is 0.0320. The van der Waals surface area contributed by atoms with Crippen molar-refractivity contribution < 1.29 is 9.53 Å². The SMILES string of the molecule is COc1ccc(NC(=O)CN(C)[C@H](C)c2ccccc2)cc1. The fourth-order valence-electron chi connectivity index (χ4n) is 2.22. The molecule has 0 radical (unpaired) electrons. The van der Waals surface area contributed by atoms with Crippen LogP contribution in [0.4, 0.5) is 5.69 Å². The summed E-state index contributed by atoms with van der Waals surface area (Å²) >= 11 is 0. The highest BCUT2D eigenvalue weighted by atomic mass is 16.5. The summed E-state index contributed by atoms with van der Waals surface area (Å²) in [6.45, 7) is 2.43. The maximum Gasteiger partial charge on any atom is 0.238 e. The van der Waals surface area contributed by atoms with Crippen molar-refractivity contribution in [3.05, 3.63) is 60.2 Å². The smallest absolute Gasteiger partial charge is 0.238 e. The summed E-state index contributed by atoms with van der Waals surface area (Å²) in [6.07, 6.45) is 0. The zero-order valence-electron chi connectivity index (χ0n) is 13.2. The quantitative estimate of drug-likeness (QED) is 0.889. The maximum absolute atomic E-state index is 12.1. The molecule has 0 unspecified atom stereocenters. The molecule has 1 N–H and O–H groups in total. The molecular weight excluding hydrogens is 276 g/mol. The minimum Gasteiger partial charge on any atom is -0.497 e. The molecule has 2 aromatic rings. The number of carbonyl (C=O) groups is 1. The van der Waals surface area contributed by atoms with Crippen LogP contribution in [-0.4, -0.2) is 31.5 Å². The molecule has 1 amide bonds. The van der Waals surface area contributed by atoms with Crippen LogP contribution in [0.1, 0.15) is 18.5 Å². The Kier molecular flexibility index (Phi) is 5.55. The van der Waals surface area contributed by atoms with Gasteiger partial charge in [0.25, 0.3) is 0 Å². The lowest BCUT2D eigenvalue weighted by molar-refractivity contribution is -0.117. The lowest BCUT2D eigenvalue weighted by Gasteiger charge is -2.24. The molecule has 0 aliphatic heterocycles. The summed E-state index contributed by atoms with van der Waals surface area (Å²) in [5.74, 6) is 0.739. The number of carbonyl (C=O) groups excluding carboxylic acids is 1. The fourth-order valence-corrected chi connectivity index (χ4v) is 2.22. The molecule has 0 saturated heterocycles. The van der Waals surface area contributed by atoms with E-state index in [1.807, 2.05) is 54.4 Å². The summed E-state index contributed by atoms with van der Waals surface area (Å²) in [6, 6.07) is 17.7. The van der Waals surface area contributed by atoms with Crippen LogP contribution >= 0.6 is 0 Å². The van der Waals surface area contributed by atoms with E-state index in [-0.39, 0.29) is 11.9 Å². The van der Waals surface area contributed by atoms with Crippen LogP contribution in [0.15, 0.2) is 54.6 Å². The Morgan fingerprint density at radius 3 is 2.36 bits per heavy atom. The van der Waals surface area contributed by atoms with Gasteiger partial charge in [-0.3, -0.25) is 9.69 Å². The second-order valence-corrected chi connectivity index (χ2v) is 5.28. The number of benzene rings is 2. The highest BCUT2D eigenvalue weighted by molar-refractivity contribution is 5.92. The molecular formula is C18H22N2O2. The first kappa shape index (κ1) is 16.0. The van der Waals surface area contributed by atoms with Gasteiger partial charge >= 0.3 is 0 Å². The van der Waals surface area contributed by atoms with Gasteiger partial charge in [0.05, 0.1) is 13.7 Å². The van der Waals surface area contributed by atoms with E-state index < -0.39 is 0 Å². The molecule has 0 bridgehead atoms. The molecule has 0 aliphatic rings. The van der Waals surface area contributed by atoms with Crippen molar-refractivity contribution in [2.24, 2.45) is 0 Å². The Bertz CT molecular complexity index is 596. The third kappa shape index (κ3) is 4.33. The number of hydrogen-bond acceptors (Lipinski definition) is 3. The van der Waals surface area contributed by atoms with Crippen molar-refractivity contribution in [2.45, 2.75) is 13.0 Å². The molecule has 2 rings (SSSR count). The Morgan fingerprint density at radius 1 is 1.14 bits per heavy atom. The maximum atomic E-state index is 12.1. The molecule has 4 nitrogen and oxygen atoms in total. The van der Waals surface area contributed by atoms with Gasteiger partial charge in [0.1, 0.15) is 5.75 Å². The van der Waals surface area contributed by atoms with E-state index in [2.05, 4.69) is 24.4 Å². The summed E-state index contributed by atoms with van der Waals surface area (Å²) in [4.78, 5) is 14.2. The number of ether oxygens (including phenoxy) is 1. The number of amides is 1. The first-order valence-electron chi connectivity index (χ1n) is 7.29. The number of likely N-dealkylation sites (N-methyl/N-ethyl adjacent to an activating group) is 1. The molecule has 4 heteroatoms. The van der Waals surface area contributed by atoms with Gasteiger partial charge in [-0.25, -0.2) is 0 Å². The van der Waals surface area contributed by atoms with Gasteiger partial charge < -0.3 is 10.1 Å². The van der Waals surface area contributed by atoms with Crippen molar-refractivity contribution in [1.29, 1.82) is 0 Å². The minimum atomic E-state index is -0.0320. The zero-order valence-corrected chi connectivity index (χ0v) is 13.2. The van der Waals surface area contributed by atoms with E-state index in [4.69, 9.17) is 4.74 Å². The lowest BCUT2D eigenvalue weighted by Crippen LogP contribution is -2.32. The van der Waals surface area contributed by atoms with Gasteiger partial charge in [-0.1, -0.05) is 30.3 Å². The van der Waals surface area contributed by atoms with Gasteiger partial charge in [-0.2, -0.15) is 0 Å². The van der Waals surface area contributed by atoms with Gasteiger partial charge in [0.15, 0.2) is 0 Å². The predicted molar refractivity (Wildman–Crippen MR) is 89.1 cm³/mol. The van der Waals surface area contributed by atoms with Crippen LogP contribution in [0, 0.1) is 0 Å². The molecule has 0 saturated carbocycles. The van der Waals surface area contributed by atoms with Gasteiger partial charge in [-0.05, 0) is 43.8 Å². The molecule has 0 heterocycles. The van der Waals surface area contributed by atoms with Gasteiger partial charge in [-0.15, -0.1) is 0 Å². The Labute approximate surface area is 131 Å². The molecule has 2 aromatic carbocycles. The number of hydrogen-bond donors (Lipinski definition) is 1. The number of rotatable bonds is 6. The van der Waals surface area contributed by atoms with Crippen molar-refractivity contribution in [3.8, 4) is 5.75 Å². The lowest BCUT2D eigenvalue weighted by atomic mass is 10.1. The molecule has 22 heavy (non-hydrogen) atoms. The van der Waals surface area contributed by atoms with Crippen molar-refractivity contribution in [1.82, 2.24) is 4.90 Å². The van der Waals surface area contributed by atoms with Crippen LogP contribution in [0.3, 0.4) is 0 Å². The average molecular weight is 298 g/mol. The largest absolute Gasteiger partial charge is 0.497 e. The van der Waals surface area contributed by atoms with Crippen molar-refractivity contribution in [3.63, 3.8) is 0 Å². The summed E-state index contributed by atoms with van der Waals surface area (Å²) in [5.41, 5.74) is 1.97. The number of nitrogens with one attached hydrogen (secondary N) is 1. The molecule has 116 valence electrons. The highest BCUT2D eigenvalue weighted by Gasteiger charge is 2.14. The van der Waals surface area contributed by atoms with E-state index in [9.17, 15) is 4.79 Å². The van der Waals surface area contributed by atoms with Crippen LogP contribution in [0.2, 0.25) is 0 Å². The first-order chi connectivity index (χ1) is 10.6. The van der Waals surface area contributed by atoms with E-state index in [0.717, 1.165) is 11.4 Å². The van der Waals surface area contributed by atoms with Crippen LogP contribution in [-0.2, 0) is 4.79 Å². The Morgan fingerprint density at radius 2 is 1.77 bits per heavy atom. The second-order valence-electron chi connectivity index (χ2n) is 5.28. The highest BCUT2D eigenvalue weighted by Crippen LogP contribution is 2.18. The number of nitrogens with zero attached hydrogens (tertiary/aromatic N) is 1. The fraction of sp³-hybridized carbons (Fsp3) is 0.278. The predicted octanol–water partition coefficient (Wildman–Crippen LogP) is 3.33. The third-order valence-corrected chi connectivity index (χ3v) is 3.71. The van der Waals surface area contributed by atoms with Crippen LogP contribution < -0.4 is 10.1 Å². The molecule has 0 aliphatic carbocycles. The summed E-state index contributed by atoms with van der Waals surface area (Å²) in [5, 5.41) is 2.89.